The summed E-state index contributed by atoms with van der Waals surface area (Å²) >= 11 is 0. The number of carbonyl (C=O) groups excluding carboxylic acids is 1. The largest absolute Gasteiger partial charge is 0.334 e. The molecule has 1 amide bonds. The molecule has 0 aromatic heterocycles. The van der Waals surface area contributed by atoms with E-state index in [0.717, 1.165) is 12.0 Å². The highest BCUT2D eigenvalue weighted by molar-refractivity contribution is 5.94. The maximum absolute atomic E-state index is 14.1. The minimum atomic E-state index is -0.420. The molecule has 0 heterocycles. The van der Waals surface area contributed by atoms with Crippen LogP contribution < -0.4 is 0 Å². The second-order valence-electron chi connectivity index (χ2n) is 5.15. The number of rotatable bonds is 5. The van der Waals surface area contributed by atoms with Gasteiger partial charge in [-0.25, -0.2) is 4.39 Å². The van der Waals surface area contributed by atoms with Gasteiger partial charge in [-0.2, -0.15) is 0 Å². The topological polar surface area (TPSA) is 20.3 Å². The summed E-state index contributed by atoms with van der Waals surface area (Å²) in [6, 6.07) is 14.7. The molecule has 0 aliphatic carbocycles. The molecule has 0 saturated carbocycles. The highest BCUT2D eigenvalue weighted by atomic mass is 19.1. The van der Waals surface area contributed by atoms with Crippen LogP contribution in [0.2, 0.25) is 0 Å². The van der Waals surface area contributed by atoms with Gasteiger partial charge in [0, 0.05) is 13.1 Å². The van der Waals surface area contributed by atoms with Crippen molar-refractivity contribution in [3.8, 4) is 0 Å². The van der Waals surface area contributed by atoms with Crippen LogP contribution in [0.4, 0.5) is 4.39 Å². The molecule has 0 atom stereocenters. The molecule has 0 saturated heterocycles. The van der Waals surface area contributed by atoms with Crippen molar-refractivity contribution >= 4 is 5.91 Å². The maximum Gasteiger partial charge on any atom is 0.257 e. The number of hydrogen-bond acceptors (Lipinski definition) is 1. The Bertz CT molecular complexity index is 610. The van der Waals surface area contributed by atoms with Crippen molar-refractivity contribution in [3.63, 3.8) is 0 Å². The molecule has 0 spiro atoms. The van der Waals surface area contributed by atoms with Gasteiger partial charge in [0.2, 0.25) is 0 Å². The van der Waals surface area contributed by atoms with Gasteiger partial charge in [-0.05, 0) is 30.5 Å². The molecule has 0 aliphatic rings. The summed E-state index contributed by atoms with van der Waals surface area (Å²) in [6.45, 7) is 4.80. The molecule has 2 aromatic rings. The SMILES string of the molecule is CCCN(Cc1ccccc1)C(=O)c1cccc(C)c1F. The number of amides is 1. The molecule has 3 heteroatoms. The van der Waals surface area contributed by atoms with Gasteiger partial charge in [0.15, 0.2) is 0 Å². The van der Waals surface area contributed by atoms with E-state index in [2.05, 4.69) is 0 Å². The first kappa shape index (κ1) is 15.2. The molecular formula is C18H20FNO. The highest BCUT2D eigenvalue weighted by Crippen LogP contribution is 2.16. The van der Waals surface area contributed by atoms with Crippen molar-refractivity contribution in [2.45, 2.75) is 26.8 Å². The number of aryl methyl sites for hydroxylation is 1. The van der Waals surface area contributed by atoms with Crippen LogP contribution in [-0.4, -0.2) is 17.4 Å². The third-order valence-corrected chi connectivity index (χ3v) is 3.42. The molecule has 0 unspecified atom stereocenters. The van der Waals surface area contributed by atoms with Crippen molar-refractivity contribution in [2.75, 3.05) is 6.54 Å². The Labute approximate surface area is 125 Å². The second kappa shape index (κ2) is 7.02. The van der Waals surface area contributed by atoms with E-state index in [1.54, 1.807) is 30.0 Å². The van der Waals surface area contributed by atoms with Crippen LogP contribution in [0.5, 0.6) is 0 Å². The number of hydrogen-bond donors (Lipinski definition) is 0. The Morgan fingerprint density at radius 2 is 1.81 bits per heavy atom. The molecule has 2 rings (SSSR count). The Morgan fingerprint density at radius 1 is 1.10 bits per heavy atom. The van der Waals surface area contributed by atoms with Gasteiger partial charge >= 0.3 is 0 Å². The van der Waals surface area contributed by atoms with E-state index >= 15 is 0 Å². The summed E-state index contributed by atoms with van der Waals surface area (Å²) in [5.41, 5.74) is 1.70. The quantitative estimate of drug-likeness (QED) is 0.806. The monoisotopic (exact) mass is 285 g/mol. The molecule has 0 fully saturated rings. The zero-order valence-electron chi connectivity index (χ0n) is 12.5. The van der Waals surface area contributed by atoms with Crippen LogP contribution in [0.3, 0.4) is 0 Å². The van der Waals surface area contributed by atoms with Crippen LogP contribution in [0.25, 0.3) is 0 Å². The molecule has 21 heavy (non-hydrogen) atoms. The third-order valence-electron chi connectivity index (χ3n) is 3.42. The molecule has 2 aromatic carbocycles. The Kier molecular flexibility index (Phi) is 5.09. The lowest BCUT2D eigenvalue weighted by Gasteiger charge is -2.23. The van der Waals surface area contributed by atoms with E-state index in [1.807, 2.05) is 37.3 Å². The van der Waals surface area contributed by atoms with Gasteiger partial charge in [0.25, 0.3) is 5.91 Å². The summed E-state index contributed by atoms with van der Waals surface area (Å²) in [4.78, 5) is 14.3. The van der Waals surface area contributed by atoms with Crippen LogP contribution in [0, 0.1) is 12.7 Å². The van der Waals surface area contributed by atoms with E-state index in [4.69, 9.17) is 0 Å². The summed E-state index contributed by atoms with van der Waals surface area (Å²) < 4.78 is 14.1. The predicted octanol–water partition coefficient (Wildman–Crippen LogP) is 4.19. The average Bonchev–Trinajstić information content (AvgIpc) is 2.50. The van der Waals surface area contributed by atoms with Gasteiger partial charge < -0.3 is 4.90 Å². The number of benzene rings is 2. The van der Waals surface area contributed by atoms with E-state index in [-0.39, 0.29) is 11.5 Å². The lowest BCUT2D eigenvalue weighted by molar-refractivity contribution is 0.0738. The van der Waals surface area contributed by atoms with Crippen LogP contribution in [-0.2, 0) is 6.54 Å². The fraction of sp³-hybridized carbons (Fsp3) is 0.278. The Morgan fingerprint density at radius 3 is 2.48 bits per heavy atom. The molecule has 0 bridgehead atoms. The fourth-order valence-electron chi connectivity index (χ4n) is 2.31. The van der Waals surface area contributed by atoms with E-state index in [9.17, 15) is 9.18 Å². The molecular weight excluding hydrogens is 265 g/mol. The Hall–Kier alpha value is -2.16. The third kappa shape index (κ3) is 3.69. The van der Waals surface area contributed by atoms with Crippen molar-refractivity contribution in [1.82, 2.24) is 4.90 Å². The highest BCUT2D eigenvalue weighted by Gasteiger charge is 2.19. The summed E-state index contributed by atoms with van der Waals surface area (Å²) in [5, 5.41) is 0. The van der Waals surface area contributed by atoms with Gasteiger partial charge in [-0.15, -0.1) is 0 Å². The first-order valence-corrected chi connectivity index (χ1v) is 7.21. The van der Waals surface area contributed by atoms with Gasteiger partial charge in [0.1, 0.15) is 5.82 Å². The van der Waals surface area contributed by atoms with Gasteiger partial charge in [-0.3, -0.25) is 4.79 Å². The van der Waals surface area contributed by atoms with Crippen LogP contribution >= 0.6 is 0 Å². The molecule has 0 radical (unpaired) electrons. The van der Waals surface area contributed by atoms with Crippen molar-refractivity contribution in [1.29, 1.82) is 0 Å². The average molecular weight is 285 g/mol. The van der Waals surface area contributed by atoms with E-state index < -0.39 is 5.82 Å². The predicted molar refractivity (Wildman–Crippen MR) is 82.6 cm³/mol. The van der Waals surface area contributed by atoms with Crippen LogP contribution in [0.15, 0.2) is 48.5 Å². The zero-order chi connectivity index (χ0) is 15.2. The molecule has 0 N–H and O–H groups in total. The fourth-order valence-corrected chi connectivity index (χ4v) is 2.31. The maximum atomic E-state index is 14.1. The lowest BCUT2D eigenvalue weighted by Crippen LogP contribution is -2.32. The number of nitrogens with zero attached hydrogens (tertiary/aromatic N) is 1. The van der Waals surface area contributed by atoms with E-state index in [0.29, 0.717) is 18.7 Å². The van der Waals surface area contributed by atoms with Gasteiger partial charge in [-0.1, -0.05) is 49.4 Å². The normalized spacial score (nSPS) is 10.4. The van der Waals surface area contributed by atoms with E-state index in [1.165, 1.54) is 0 Å². The number of carbonyl (C=O) groups is 1. The zero-order valence-corrected chi connectivity index (χ0v) is 12.5. The lowest BCUT2D eigenvalue weighted by atomic mass is 10.1. The first-order chi connectivity index (χ1) is 10.1. The minimum absolute atomic E-state index is 0.152. The summed E-state index contributed by atoms with van der Waals surface area (Å²) in [5.74, 6) is -0.668. The molecule has 110 valence electrons. The second-order valence-corrected chi connectivity index (χ2v) is 5.15. The smallest absolute Gasteiger partial charge is 0.257 e. The minimum Gasteiger partial charge on any atom is -0.334 e. The first-order valence-electron chi connectivity index (χ1n) is 7.21. The van der Waals surface area contributed by atoms with Crippen molar-refractivity contribution < 1.29 is 9.18 Å². The van der Waals surface area contributed by atoms with Crippen molar-refractivity contribution in [2.24, 2.45) is 0 Å². The number of halogens is 1. The summed E-state index contributed by atoms with van der Waals surface area (Å²) in [7, 11) is 0. The Balaban J connectivity index is 2.25. The van der Waals surface area contributed by atoms with Crippen molar-refractivity contribution in [3.05, 3.63) is 71.0 Å². The molecule has 0 aliphatic heterocycles. The molecule has 2 nitrogen and oxygen atoms in total. The van der Waals surface area contributed by atoms with Crippen LogP contribution in [0.1, 0.15) is 34.8 Å². The standard InChI is InChI=1S/C18H20FNO/c1-3-12-20(13-15-9-5-4-6-10-15)18(21)16-11-7-8-14(2)17(16)19/h4-11H,3,12-13H2,1-2H3. The van der Waals surface area contributed by atoms with Gasteiger partial charge in [0.05, 0.1) is 5.56 Å². The summed E-state index contributed by atoms with van der Waals surface area (Å²) in [6.07, 6.45) is 0.839.